The number of anilines is 1. The van der Waals surface area contributed by atoms with Gasteiger partial charge in [0.1, 0.15) is 5.75 Å². The zero-order valence-electron chi connectivity index (χ0n) is 11.8. The Morgan fingerprint density at radius 1 is 1.38 bits per heavy atom. The normalized spacial score (nSPS) is 16.2. The average molecular weight is 352 g/mol. The van der Waals surface area contributed by atoms with Gasteiger partial charge in [0.25, 0.3) is 0 Å². The zero-order chi connectivity index (χ0) is 14.8. The van der Waals surface area contributed by atoms with Crippen LogP contribution < -0.4 is 15.4 Å². The Hall–Kier alpha value is -1.60. The van der Waals surface area contributed by atoms with E-state index in [0.717, 1.165) is 47.7 Å². The first-order chi connectivity index (χ1) is 10.2. The molecule has 0 radical (unpaired) electrons. The van der Waals surface area contributed by atoms with Gasteiger partial charge in [0.15, 0.2) is 5.82 Å². The summed E-state index contributed by atoms with van der Waals surface area (Å²) in [5, 5.41) is 7.32. The van der Waals surface area contributed by atoms with Crippen molar-refractivity contribution in [2.75, 3.05) is 25.1 Å². The molecule has 0 unspecified atom stereocenters. The van der Waals surface area contributed by atoms with Crippen molar-refractivity contribution in [1.29, 1.82) is 0 Å². The third kappa shape index (κ3) is 3.03. The predicted octanol–water partition coefficient (Wildman–Crippen LogP) is 2.17. The van der Waals surface area contributed by atoms with E-state index in [1.54, 1.807) is 7.11 Å². The minimum Gasteiger partial charge on any atom is -0.496 e. The van der Waals surface area contributed by atoms with Crippen LogP contribution in [0.5, 0.6) is 5.75 Å². The van der Waals surface area contributed by atoms with Gasteiger partial charge in [-0.05, 0) is 31.0 Å². The molecule has 112 valence electrons. The molecule has 1 aromatic heterocycles. The molecule has 1 fully saturated rings. The van der Waals surface area contributed by atoms with Crippen LogP contribution in [0.3, 0.4) is 0 Å². The molecule has 0 amide bonds. The van der Waals surface area contributed by atoms with E-state index in [0.29, 0.717) is 11.9 Å². The summed E-state index contributed by atoms with van der Waals surface area (Å²) >= 11 is 3.44. The Balaban J connectivity index is 1.85. The Morgan fingerprint density at radius 3 is 2.86 bits per heavy atom. The van der Waals surface area contributed by atoms with Crippen LogP contribution in [0.1, 0.15) is 12.8 Å². The number of methoxy groups -OCH3 is 1. The summed E-state index contributed by atoms with van der Waals surface area (Å²) < 4.78 is 6.37. The number of nitrogens with two attached hydrogens (primary N) is 1. The quantitative estimate of drug-likeness (QED) is 0.885. The SMILES string of the molecule is COc1cc(Br)ccc1-c1nc(N2CCC(N)CC2)n[nH]1. The summed E-state index contributed by atoms with van der Waals surface area (Å²) in [5.74, 6) is 2.19. The van der Waals surface area contributed by atoms with Crippen molar-refractivity contribution in [3.05, 3.63) is 22.7 Å². The summed E-state index contributed by atoms with van der Waals surface area (Å²) in [6.07, 6.45) is 1.96. The second-order valence-corrected chi connectivity index (χ2v) is 6.07. The highest BCUT2D eigenvalue weighted by atomic mass is 79.9. The van der Waals surface area contributed by atoms with E-state index in [-0.39, 0.29) is 0 Å². The van der Waals surface area contributed by atoms with Gasteiger partial charge in [-0.3, -0.25) is 5.10 Å². The Kier molecular flexibility index (Phi) is 4.12. The highest BCUT2D eigenvalue weighted by molar-refractivity contribution is 9.10. The number of ether oxygens (including phenoxy) is 1. The number of aromatic amines is 1. The molecule has 1 aliphatic heterocycles. The maximum Gasteiger partial charge on any atom is 0.245 e. The van der Waals surface area contributed by atoms with Gasteiger partial charge in [0.2, 0.25) is 5.95 Å². The topological polar surface area (TPSA) is 80.1 Å². The Morgan fingerprint density at radius 2 is 2.14 bits per heavy atom. The number of halogens is 1. The molecular weight excluding hydrogens is 334 g/mol. The van der Waals surface area contributed by atoms with Crippen LogP contribution in [0.25, 0.3) is 11.4 Å². The lowest BCUT2D eigenvalue weighted by Crippen LogP contribution is -2.40. The van der Waals surface area contributed by atoms with Crippen molar-refractivity contribution in [3.8, 4) is 17.1 Å². The zero-order valence-corrected chi connectivity index (χ0v) is 13.4. The minimum atomic E-state index is 0.297. The van der Waals surface area contributed by atoms with Crippen LogP contribution in [-0.4, -0.2) is 41.4 Å². The number of nitrogens with one attached hydrogen (secondary N) is 1. The molecule has 6 nitrogen and oxygen atoms in total. The van der Waals surface area contributed by atoms with Crippen LogP contribution in [0.2, 0.25) is 0 Å². The highest BCUT2D eigenvalue weighted by Crippen LogP contribution is 2.31. The number of aromatic nitrogens is 3. The summed E-state index contributed by atoms with van der Waals surface area (Å²) in [6.45, 7) is 1.80. The molecule has 0 saturated carbocycles. The maximum absolute atomic E-state index is 5.93. The molecule has 1 saturated heterocycles. The number of benzene rings is 1. The molecule has 0 spiro atoms. The number of hydrogen-bond acceptors (Lipinski definition) is 5. The van der Waals surface area contributed by atoms with Gasteiger partial charge in [-0.2, -0.15) is 4.98 Å². The Labute approximate surface area is 131 Å². The average Bonchev–Trinajstić information content (AvgIpc) is 2.97. The van der Waals surface area contributed by atoms with E-state index in [2.05, 4.69) is 36.0 Å². The third-order valence-electron chi connectivity index (χ3n) is 3.71. The van der Waals surface area contributed by atoms with Gasteiger partial charge in [-0.1, -0.05) is 15.9 Å². The number of piperidine rings is 1. The van der Waals surface area contributed by atoms with E-state index in [1.807, 2.05) is 18.2 Å². The largest absolute Gasteiger partial charge is 0.496 e. The molecule has 0 aliphatic carbocycles. The molecular formula is C14H18BrN5O. The summed E-state index contributed by atoms with van der Waals surface area (Å²) in [5.41, 5.74) is 6.82. The van der Waals surface area contributed by atoms with Crippen LogP contribution >= 0.6 is 15.9 Å². The summed E-state index contributed by atoms with van der Waals surface area (Å²) in [7, 11) is 1.65. The lowest BCUT2D eigenvalue weighted by atomic mass is 10.1. The monoisotopic (exact) mass is 351 g/mol. The van der Waals surface area contributed by atoms with Crippen molar-refractivity contribution < 1.29 is 4.74 Å². The van der Waals surface area contributed by atoms with Gasteiger partial charge in [0, 0.05) is 23.6 Å². The molecule has 0 atom stereocenters. The van der Waals surface area contributed by atoms with E-state index in [4.69, 9.17) is 10.5 Å². The molecule has 3 N–H and O–H groups in total. The van der Waals surface area contributed by atoms with Gasteiger partial charge in [-0.15, -0.1) is 5.10 Å². The lowest BCUT2D eigenvalue weighted by Gasteiger charge is -2.28. The summed E-state index contributed by atoms with van der Waals surface area (Å²) in [6, 6.07) is 6.13. The molecule has 7 heteroatoms. The fraction of sp³-hybridized carbons (Fsp3) is 0.429. The smallest absolute Gasteiger partial charge is 0.245 e. The van der Waals surface area contributed by atoms with E-state index in [9.17, 15) is 0 Å². The van der Waals surface area contributed by atoms with E-state index in [1.165, 1.54) is 0 Å². The van der Waals surface area contributed by atoms with Crippen LogP contribution in [0, 0.1) is 0 Å². The molecule has 1 aromatic carbocycles. The first-order valence-electron chi connectivity index (χ1n) is 6.94. The minimum absolute atomic E-state index is 0.297. The van der Waals surface area contributed by atoms with Crippen molar-refractivity contribution in [2.45, 2.75) is 18.9 Å². The molecule has 2 heterocycles. The van der Waals surface area contributed by atoms with Crippen molar-refractivity contribution in [1.82, 2.24) is 15.2 Å². The number of hydrogen-bond donors (Lipinski definition) is 2. The van der Waals surface area contributed by atoms with E-state index < -0.39 is 0 Å². The van der Waals surface area contributed by atoms with Crippen molar-refractivity contribution in [2.24, 2.45) is 5.73 Å². The standard InChI is InChI=1S/C14H18BrN5O/c1-21-12-8-9(15)2-3-11(12)13-17-14(19-18-13)20-6-4-10(16)5-7-20/h2-3,8,10H,4-7,16H2,1H3,(H,17,18,19). The van der Waals surface area contributed by atoms with Gasteiger partial charge in [0.05, 0.1) is 12.7 Å². The van der Waals surface area contributed by atoms with E-state index >= 15 is 0 Å². The molecule has 3 rings (SSSR count). The van der Waals surface area contributed by atoms with Gasteiger partial charge in [-0.25, -0.2) is 0 Å². The van der Waals surface area contributed by atoms with Crippen molar-refractivity contribution in [3.63, 3.8) is 0 Å². The van der Waals surface area contributed by atoms with Crippen molar-refractivity contribution >= 4 is 21.9 Å². The molecule has 21 heavy (non-hydrogen) atoms. The van der Waals surface area contributed by atoms with Crippen LogP contribution in [0.4, 0.5) is 5.95 Å². The number of rotatable bonds is 3. The molecule has 0 bridgehead atoms. The lowest BCUT2D eigenvalue weighted by molar-refractivity contribution is 0.416. The second kappa shape index (κ2) is 6.03. The maximum atomic E-state index is 5.93. The highest BCUT2D eigenvalue weighted by Gasteiger charge is 2.20. The fourth-order valence-electron chi connectivity index (χ4n) is 2.47. The van der Waals surface area contributed by atoms with Crippen LogP contribution in [-0.2, 0) is 0 Å². The predicted molar refractivity (Wildman–Crippen MR) is 85.5 cm³/mol. The van der Waals surface area contributed by atoms with Gasteiger partial charge < -0.3 is 15.4 Å². The first kappa shape index (κ1) is 14.3. The third-order valence-corrected chi connectivity index (χ3v) is 4.21. The number of nitrogens with zero attached hydrogens (tertiary/aromatic N) is 3. The Bertz CT molecular complexity index is 622. The van der Waals surface area contributed by atoms with Gasteiger partial charge >= 0.3 is 0 Å². The fourth-order valence-corrected chi connectivity index (χ4v) is 2.82. The van der Waals surface area contributed by atoms with Crippen LogP contribution in [0.15, 0.2) is 22.7 Å². The number of H-pyrrole nitrogens is 1. The summed E-state index contributed by atoms with van der Waals surface area (Å²) in [4.78, 5) is 6.75. The molecule has 2 aromatic rings. The second-order valence-electron chi connectivity index (χ2n) is 5.15. The first-order valence-corrected chi connectivity index (χ1v) is 7.73. The molecule has 1 aliphatic rings.